The molecule has 1 aromatic heterocycles. The first-order valence-electron chi connectivity index (χ1n) is 4.89. The van der Waals surface area contributed by atoms with Crippen molar-refractivity contribution >= 4 is 21.1 Å². The first kappa shape index (κ1) is 11.2. The highest BCUT2D eigenvalue weighted by molar-refractivity contribution is 7.86. The summed E-state index contributed by atoms with van der Waals surface area (Å²) in [5.41, 5.74) is 1.44. The molecule has 0 amide bonds. The van der Waals surface area contributed by atoms with E-state index < -0.39 is 10.1 Å². The van der Waals surface area contributed by atoms with Crippen LogP contribution < -0.4 is 0 Å². The molecule has 0 bridgehead atoms. The van der Waals surface area contributed by atoms with Gasteiger partial charge in [0.2, 0.25) is 0 Å². The maximum Gasteiger partial charge on any atom is 0.295 e. The van der Waals surface area contributed by atoms with Crippen molar-refractivity contribution < 1.29 is 17.4 Å². The third kappa shape index (κ3) is 1.72. The molecule has 0 saturated carbocycles. The Hall–Kier alpha value is -1.33. The van der Waals surface area contributed by atoms with Crippen molar-refractivity contribution in [3.05, 3.63) is 30.0 Å². The smallest absolute Gasteiger partial charge is 0.295 e. The minimum atomic E-state index is -4.20. The van der Waals surface area contributed by atoms with Crippen LogP contribution in [-0.2, 0) is 10.1 Å². The molecule has 0 aliphatic heterocycles. The zero-order valence-corrected chi connectivity index (χ0v) is 9.78. The van der Waals surface area contributed by atoms with E-state index in [9.17, 15) is 8.42 Å². The fraction of sp³-hybridized carbons (Fsp3) is 0.273. The van der Waals surface area contributed by atoms with E-state index in [4.69, 9.17) is 8.97 Å². The second kappa shape index (κ2) is 3.61. The van der Waals surface area contributed by atoms with Gasteiger partial charge in [0.1, 0.15) is 10.5 Å². The van der Waals surface area contributed by atoms with Gasteiger partial charge in [-0.05, 0) is 23.6 Å². The van der Waals surface area contributed by atoms with Crippen LogP contribution in [0, 0.1) is 0 Å². The lowest BCUT2D eigenvalue weighted by atomic mass is 10.0. The van der Waals surface area contributed by atoms with E-state index >= 15 is 0 Å². The highest BCUT2D eigenvalue weighted by Gasteiger charge is 2.18. The summed E-state index contributed by atoms with van der Waals surface area (Å²) in [5, 5.41) is 0.425. The topological polar surface area (TPSA) is 67.5 Å². The largest absolute Gasteiger partial charge is 0.464 e. The first-order valence-corrected chi connectivity index (χ1v) is 6.33. The zero-order chi connectivity index (χ0) is 11.9. The summed E-state index contributed by atoms with van der Waals surface area (Å²) in [6.07, 6.45) is 1.42. The highest BCUT2D eigenvalue weighted by atomic mass is 32.2. The number of fused-ring (bicyclic) bond motifs is 1. The minimum absolute atomic E-state index is 0.111. The van der Waals surface area contributed by atoms with Gasteiger partial charge in [0.15, 0.2) is 0 Å². The van der Waals surface area contributed by atoms with Gasteiger partial charge in [0.25, 0.3) is 10.1 Å². The molecule has 1 aromatic carbocycles. The van der Waals surface area contributed by atoms with E-state index in [1.54, 1.807) is 12.1 Å². The molecule has 5 heteroatoms. The molecule has 0 atom stereocenters. The lowest BCUT2D eigenvalue weighted by molar-refractivity contribution is 0.484. The van der Waals surface area contributed by atoms with Gasteiger partial charge in [-0.15, -0.1) is 0 Å². The van der Waals surface area contributed by atoms with Gasteiger partial charge in [-0.2, -0.15) is 8.42 Å². The average Bonchev–Trinajstić information content (AvgIpc) is 2.61. The summed E-state index contributed by atoms with van der Waals surface area (Å²) in [5.74, 6) is 0.226. The molecule has 0 unspecified atom stereocenters. The Balaban J connectivity index is 2.84. The van der Waals surface area contributed by atoms with Crippen LogP contribution >= 0.6 is 0 Å². The van der Waals surface area contributed by atoms with Gasteiger partial charge in [0.05, 0.1) is 6.26 Å². The maximum atomic E-state index is 11.1. The van der Waals surface area contributed by atoms with Crippen LogP contribution in [0.5, 0.6) is 0 Å². The van der Waals surface area contributed by atoms with Gasteiger partial charge in [0, 0.05) is 5.39 Å². The fourth-order valence-electron chi connectivity index (χ4n) is 1.74. The molecule has 1 heterocycles. The van der Waals surface area contributed by atoms with Gasteiger partial charge >= 0.3 is 0 Å². The Labute approximate surface area is 93.6 Å². The predicted molar refractivity (Wildman–Crippen MR) is 60.1 cm³/mol. The van der Waals surface area contributed by atoms with Crippen LogP contribution in [0.2, 0.25) is 0 Å². The van der Waals surface area contributed by atoms with Crippen LogP contribution in [0.15, 0.2) is 33.8 Å². The van der Waals surface area contributed by atoms with Crippen molar-refractivity contribution in [2.24, 2.45) is 0 Å². The fourth-order valence-corrected chi connectivity index (χ4v) is 2.42. The molecule has 4 nitrogen and oxygen atoms in total. The normalized spacial score (nSPS) is 12.5. The maximum absolute atomic E-state index is 11.1. The quantitative estimate of drug-likeness (QED) is 0.819. The van der Waals surface area contributed by atoms with E-state index in [0.29, 0.717) is 11.0 Å². The van der Waals surface area contributed by atoms with Gasteiger partial charge in [-0.3, -0.25) is 4.55 Å². The van der Waals surface area contributed by atoms with Gasteiger partial charge in [-0.25, -0.2) is 0 Å². The molecular formula is C11H12O4S. The molecule has 0 radical (unpaired) electrons. The molecule has 0 aliphatic rings. The molecule has 16 heavy (non-hydrogen) atoms. The zero-order valence-electron chi connectivity index (χ0n) is 8.97. The van der Waals surface area contributed by atoms with Crippen LogP contribution in [0.4, 0.5) is 0 Å². The van der Waals surface area contributed by atoms with Crippen LogP contribution in [-0.4, -0.2) is 13.0 Å². The number of rotatable bonds is 2. The Bertz CT molecular complexity index is 622. The highest BCUT2D eigenvalue weighted by Crippen LogP contribution is 2.30. The third-order valence-electron chi connectivity index (χ3n) is 2.51. The van der Waals surface area contributed by atoms with E-state index in [2.05, 4.69) is 0 Å². The number of furan rings is 1. The summed E-state index contributed by atoms with van der Waals surface area (Å²) in [6, 6.07) is 4.62. The Morgan fingerprint density at radius 2 is 1.94 bits per heavy atom. The summed E-state index contributed by atoms with van der Waals surface area (Å²) in [7, 11) is -4.20. The Morgan fingerprint density at radius 1 is 1.25 bits per heavy atom. The van der Waals surface area contributed by atoms with Gasteiger partial charge < -0.3 is 4.42 Å². The number of hydrogen-bond donors (Lipinski definition) is 1. The third-order valence-corrected chi connectivity index (χ3v) is 3.42. The number of benzene rings is 1. The molecule has 0 fully saturated rings. The van der Waals surface area contributed by atoms with E-state index in [1.165, 1.54) is 12.3 Å². The SMILES string of the molecule is CC(C)c1ccc(S(=O)(=O)O)c2ccoc12. The van der Waals surface area contributed by atoms with Crippen molar-refractivity contribution in [3.63, 3.8) is 0 Å². The first-order chi connectivity index (χ1) is 7.41. The standard InChI is InChI=1S/C11H12O4S/c1-7(2)8-3-4-10(16(12,13)14)9-5-6-15-11(8)9/h3-7H,1-2H3,(H,12,13,14). The van der Waals surface area contributed by atoms with Crippen LogP contribution in [0.1, 0.15) is 25.3 Å². The lowest BCUT2D eigenvalue weighted by Crippen LogP contribution is -1.99. The minimum Gasteiger partial charge on any atom is -0.464 e. The van der Waals surface area contributed by atoms with Crippen LogP contribution in [0.3, 0.4) is 0 Å². The van der Waals surface area contributed by atoms with Crippen molar-refractivity contribution in [1.29, 1.82) is 0 Å². The molecule has 2 rings (SSSR count). The molecule has 2 aromatic rings. The van der Waals surface area contributed by atoms with E-state index in [1.807, 2.05) is 13.8 Å². The van der Waals surface area contributed by atoms with E-state index in [-0.39, 0.29) is 10.8 Å². The molecule has 1 N–H and O–H groups in total. The average molecular weight is 240 g/mol. The summed E-state index contributed by atoms with van der Waals surface area (Å²) >= 11 is 0. The molecule has 0 saturated heterocycles. The van der Waals surface area contributed by atoms with Gasteiger partial charge in [-0.1, -0.05) is 19.9 Å². The van der Waals surface area contributed by atoms with Crippen molar-refractivity contribution in [1.82, 2.24) is 0 Å². The Morgan fingerprint density at radius 3 is 2.50 bits per heavy atom. The molecule has 0 aliphatic carbocycles. The summed E-state index contributed by atoms with van der Waals surface area (Å²) < 4.78 is 36.6. The number of hydrogen-bond acceptors (Lipinski definition) is 3. The summed E-state index contributed by atoms with van der Waals surface area (Å²) in [4.78, 5) is -0.111. The molecular weight excluding hydrogens is 228 g/mol. The van der Waals surface area contributed by atoms with Crippen molar-refractivity contribution in [3.8, 4) is 0 Å². The Kier molecular flexibility index (Phi) is 2.52. The van der Waals surface area contributed by atoms with Crippen molar-refractivity contribution in [2.75, 3.05) is 0 Å². The van der Waals surface area contributed by atoms with Crippen LogP contribution in [0.25, 0.3) is 11.0 Å². The lowest BCUT2D eigenvalue weighted by Gasteiger charge is -2.07. The second-order valence-electron chi connectivity index (χ2n) is 3.95. The molecule has 0 spiro atoms. The predicted octanol–water partition coefficient (Wildman–Crippen LogP) is 2.80. The monoisotopic (exact) mass is 240 g/mol. The van der Waals surface area contributed by atoms with E-state index in [0.717, 1.165) is 5.56 Å². The summed E-state index contributed by atoms with van der Waals surface area (Å²) in [6.45, 7) is 3.98. The van der Waals surface area contributed by atoms with Crippen molar-refractivity contribution in [2.45, 2.75) is 24.7 Å². The second-order valence-corrected chi connectivity index (χ2v) is 5.34. The molecule has 86 valence electrons.